The molecule has 3 aliphatic carbocycles. The van der Waals surface area contributed by atoms with Crippen molar-refractivity contribution in [1.29, 1.82) is 0 Å². The van der Waals surface area contributed by atoms with E-state index in [-0.39, 0.29) is 59.7 Å². The molecule has 4 rings (SSSR count). The van der Waals surface area contributed by atoms with Crippen LogP contribution in [0.5, 0.6) is 0 Å². The van der Waals surface area contributed by atoms with Crippen molar-refractivity contribution in [3.63, 3.8) is 0 Å². The predicted octanol–water partition coefficient (Wildman–Crippen LogP) is 3.40. The van der Waals surface area contributed by atoms with Gasteiger partial charge in [0.1, 0.15) is 11.9 Å². The van der Waals surface area contributed by atoms with Gasteiger partial charge in [0.15, 0.2) is 5.78 Å². The average molecular weight is 401 g/mol. The number of allylic oxidation sites excluding steroid dienone is 4. The highest BCUT2D eigenvalue weighted by molar-refractivity contribution is 5.99. The van der Waals surface area contributed by atoms with E-state index in [2.05, 4.69) is 12.2 Å². The minimum absolute atomic E-state index is 0.0495. The van der Waals surface area contributed by atoms with Crippen molar-refractivity contribution in [3.05, 3.63) is 23.8 Å². The molecule has 1 heterocycles. The van der Waals surface area contributed by atoms with Gasteiger partial charge >= 0.3 is 5.97 Å². The molecule has 0 aromatic rings. The lowest BCUT2D eigenvalue weighted by Gasteiger charge is -2.34. The first-order valence-corrected chi connectivity index (χ1v) is 11.2. The van der Waals surface area contributed by atoms with Crippen LogP contribution in [0.2, 0.25) is 0 Å². The van der Waals surface area contributed by atoms with Gasteiger partial charge in [-0.25, -0.2) is 0 Å². The topological polar surface area (TPSA) is 80.7 Å². The fraction of sp³-hybridized carbons (Fsp3) is 0.708. The Balaban J connectivity index is 1.66. The maximum atomic E-state index is 13.3. The van der Waals surface area contributed by atoms with Crippen LogP contribution in [0.1, 0.15) is 58.8 Å². The fourth-order valence-electron chi connectivity index (χ4n) is 5.92. The SMILES string of the molecule is CCC1CCCC(O)C(C)C(=O)C2=CC3C(C=CC4CC(=O)CC43)C2CC(=O)O1. The van der Waals surface area contributed by atoms with Crippen molar-refractivity contribution in [2.24, 2.45) is 35.5 Å². The van der Waals surface area contributed by atoms with Crippen molar-refractivity contribution in [3.8, 4) is 0 Å². The highest BCUT2D eigenvalue weighted by Gasteiger charge is 2.49. The van der Waals surface area contributed by atoms with E-state index in [0.29, 0.717) is 31.3 Å². The van der Waals surface area contributed by atoms with Gasteiger partial charge < -0.3 is 9.84 Å². The molecule has 0 spiro atoms. The van der Waals surface area contributed by atoms with E-state index in [0.717, 1.165) is 12.8 Å². The first-order valence-electron chi connectivity index (χ1n) is 11.2. The van der Waals surface area contributed by atoms with Crippen LogP contribution >= 0.6 is 0 Å². The Labute approximate surface area is 172 Å². The quantitative estimate of drug-likeness (QED) is 0.539. The number of cyclic esters (lactones) is 1. The Morgan fingerprint density at radius 1 is 1.07 bits per heavy atom. The molecule has 5 heteroatoms. The summed E-state index contributed by atoms with van der Waals surface area (Å²) < 4.78 is 5.72. The molecule has 2 fully saturated rings. The van der Waals surface area contributed by atoms with Crippen molar-refractivity contribution in [1.82, 2.24) is 0 Å². The van der Waals surface area contributed by atoms with Gasteiger partial charge in [0.2, 0.25) is 0 Å². The van der Waals surface area contributed by atoms with Crippen LogP contribution in [-0.4, -0.2) is 34.9 Å². The molecule has 0 radical (unpaired) electrons. The maximum absolute atomic E-state index is 13.3. The van der Waals surface area contributed by atoms with Crippen LogP contribution in [0.4, 0.5) is 0 Å². The summed E-state index contributed by atoms with van der Waals surface area (Å²) in [6, 6.07) is 0. The Morgan fingerprint density at radius 2 is 1.86 bits per heavy atom. The third-order valence-electron chi connectivity index (χ3n) is 7.67. The summed E-state index contributed by atoms with van der Waals surface area (Å²) in [6.07, 6.45) is 9.54. The molecule has 29 heavy (non-hydrogen) atoms. The zero-order chi connectivity index (χ0) is 20.7. The summed E-state index contributed by atoms with van der Waals surface area (Å²) in [5, 5.41) is 10.6. The Bertz CT molecular complexity index is 750. The van der Waals surface area contributed by atoms with Gasteiger partial charge in [-0.1, -0.05) is 32.1 Å². The Hall–Kier alpha value is -1.75. The molecule has 1 N–H and O–H groups in total. The number of aliphatic hydroxyl groups is 1. The first-order chi connectivity index (χ1) is 13.9. The second-order valence-electron chi connectivity index (χ2n) is 9.42. The number of hydrogen-bond donors (Lipinski definition) is 1. The lowest BCUT2D eigenvalue weighted by molar-refractivity contribution is -0.151. The third kappa shape index (κ3) is 3.86. The number of esters is 1. The summed E-state index contributed by atoms with van der Waals surface area (Å²) in [5.74, 6) is -0.0683. The molecule has 1 saturated carbocycles. The molecule has 0 aromatic heterocycles. The second-order valence-corrected chi connectivity index (χ2v) is 9.42. The third-order valence-corrected chi connectivity index (χ3v) is 7.67. The van der Waals surface area contributed by atoms with Crippen molar-refractivity contribution in [2.45, 2.75) is 71.0 Å². The molecule has 1 saturated heterocycles. The second kappa shape index (κ2) is 8.17. The lowest BCUT2D eigenvalue weighted by Crippen LogP contribution is -2.33. The normalized spacial score (nSPS) is 42.9. The summed E-state index contributed by atoms with van der Waals surface area (Å²) >= 11 is 0. The van der Waals surface area contributed by atoms with Crippen LogP contribution < -0.4 is 0 Å². The van der Waals surface area contributed by atoms with E-state index in [9.17, 15) is 19.5 Å². The molecule has 5 nitrogen and oxygen atoms in total. The zero-order valence-corrected chi connectivity index (χ0v) is 17.4. The van der Waals surface area contributed by atoms with Crippen LogP contribution in [0.3, 0.4) is 0 Å². The predicted molar refractivity (Wildman–Crippen MR) is 108 cm³/mol. The van der Waals surface area contributed by atoms with E-state index in [1.54, 1.807) is 6.92 Å². The van der Waals surface area contributed by atoms with Crippen LogP contribution in [0.25, 0.3) is 0 Å². The molecule has 8 atom stereocenters. The van der Waals surface area contributed by atoms with E-state index in [4.69, 9.17) is 4.74 Å². The van der Waals surface area contributed by atoms with Gasteiger partial charge in [-0.3, -0.25) is 14.4 Å². The minimum atomic E-state index is -0.685. The van der Waals surface area contributed by atoms with Gasteiger partial charge in [0, 0.05) is 24.7 Å². The van der Waals surface area contributed by atoms with E-state index >= 15 is 0 Å². The number of ketones is 2. The summed E-state index contributed by atoms with van der Waals surface area (Å²) in [5.41, 5.74) is 0.668. The fourth-order valence-corrected chi connectivity index (χ4v) is 5.92. The van der Waals surface area contributed by atoms with Crippen molar-refractivity contribution < 1.29 is 24.2 Å². The minimum Gasteiger partial charge on any atom is -0.462 e. The number of Topliss-reactive ketones (excluding diaryl/α,β-unsaturated/α-hetero) is 2. The van der Waals surface area contributed by atoms with Gasteiger partial charge in [-0.15, -0.1) is 0 Å². The zero-order valence-electron chi connectivity index (χ0n) is 17.4. The molecular weight excluding hydrogens is 368 g/mol. The van der Waals surface area contributed by atoms with Crippen LogP contribution in [0.15, 0.2) is 23.8 Å². The van der Waals surface area contributed by atoms with Gasteiger partial charge in [-0.05, 0) is 54.9 Å². The molecule has 4 aliphatic rings. The van der Waals surface area contributed by atoms with Crippen molar-refractivity contribution >= 4 is 17.5 Å². The molecule has 1 aliphatic heterocycles. The maximum Gasteiger partial charge on any atom is 0.306 e. The van der Waals surface area contributed by atoms with Crippen LogP contribution in [-0.2, 0) is 19.1 Å². The number of carbonyl (C=O) groups excluding carboxylic acids is 3. The van der Waals surface area contributed by atoms with E-state index < -0.39 is 12.0 Å². The number of fused-ring (bicyclic) bond motifs is 5. The smallest absolute Gasteiger partial charge is 0.306 e. The molecule has 0 amide bonds. The van der Waals surface area contributed by atoms with E-state index in [1.807, 2.05) is 13.0 Å². The highest BCUT2D eigenvalue weighted by atomic mass is 16.5. The Kier molecular flexibility index (Phi) is 5.78. The largest absolute Gasteiger partial charge is 0.462 e. The van der Waals surface area contributed by atoms with Gasteiger partial charge in [0.25, 0.3) is 0 Å². The molecule has 158 valence electrons. The highest BCUT2D eigenvalue weighted by Crippen LogP contribution is 2.52. The lowest BCUT2D eigenvalue weighted by atomic mass is 9.70. The average Bonchev–Trinajstić information content (AvgIpc) is 3.24. The molecule has 0 aromatic carbocycles. The van der Waals surface area contributed by atoms with Gasteiger partial charge in [0.05, 0.1) is 12.5 Å². The number of ether oxygens (including phenoxy) is 1. The van der Waals surface area contributed by atoms with Gasteiger partial charge in [-0.2, -0.15) is 0 Å². The number of carbonyl (C=O) groups is 3. The first kappa shape index (κ1) is 20.5. The molecule has 8 unspecified atom stereocenters. The summed E-state index contributed by atoms with van der Waals surface area (Å²) in [6.45, 7) is 3.80. The Morgan fingerprint density at radius 3 is 2.62 bits per heavy atom. The number of rotatable bonds is 1. The number of hydrogen-bond acceptors (Lipinski definition) is 5. The monoisotopic (exact) mass is 400 g/mol. The summed E-state index contributed by atoms with van der Waals surface area (Å²) in [7, 11) is 0. The van der Waals surface area contributed by atoms with Crippen molar-refractivity contribution in [2.75, 3.05) is 0 Å². The van der Waals surface area contributed by atoms with Crippen LogP contribution in [0, 0.1) is 35.5 Å². The standard InChI is InChI=1S/C24H32O5/c1-3-16-5-4-6-22(26)13(2)24(28)21-11-19-17(20(21)12-23(27)29-16)8-7-14-9-15(25)10-18(14)19/h7-8,11,13-14,16-20,22,26H,3-6,9-10,12H2,1-2H3. The number of aliphatic hydroxyl groups excluding tert-OH is 1. The molecule has 0 bridgehead atoms. The summed E-state index contributed by atoms with van der Waals surface area (Å²) in [4.78, 5) is 38.1. The van der Waals surface area contributed by atoms with E-state index in [1.165, 1.54) is 0 Å². The molecular formula is C24H32O5.